The molecule has 0 aliphatic carbocycles. The maximum Gasteiger partial charge on any atom is 0.138 e. The van der Waals surface area contributed by atoms with E-state index in [9.17, 15) is 8.78 Å². The fourth-order valence-corrected chi connectivity index (χ4v) is 0.752. The van der Waals surface area contributed by atoms with E-state index in [0.717, 1.165) is 12.1 Å². The Morgan fingerprint density at radius 3 is 2.17 bits per heavy atom. The molecule has 1 rings (SSSR count). The molecule has 0 heterocycles. The van der Waals surface area contributed by atoms with Crippen LogP contribution >= 0.6 is 0 Å². The van der Waals surface area contributed by atoms with Crippen LogP contribution < -0.4 is 0 Å². The Bertz CT molecular complexity index is 302. The molecule has 0 aliphatic rings. The van der Waals surface area contributed by atoms with Crippen molar-refractivity contribution in [3.8, 4) is 5.75 Å². The highest BCUT2D eigenvalue weighted by atomic mass is 19.1. The molecule has 0 spiro atoms. The Balaban J connectivity index is 3.28. The van der Waals surface area contributed by atoms with Crippen LogP contribution in [0.3, 0.4) is 0 Å². The van der Waals surface area contributed by atoms with E-state index in [4.69, 9.17) is 10.3 Å². The number of aromatic hydroxyl groups is 1. The summed E-state index contributed by atoms with van der Waals surface area (Å²) in [6.45, 7) is 0. The topological polar surface area (TPSA) is 52.8 Å². The van der Waals surface area contributed by atoms with Gasteiger partial charge in [0.25, 0.3) is 0 Å². The monoisotopic (exact) mass is 173 g/mol. The van der Waals surface area contributed by atoms with E-state index in [-0.39, 0.29) is 0 Å². The largest absolute Gasteiger partial charge is 0.508 e. The summed E-state index contributed by atoms with van der Waals surface area (Å²) in [7, 11) is 0. The molecule has 3 nitrogen and oxygen atoms in total. The van der Waals surface area contributed by atoms with Gasteiger partial charge in [0.2, 0.25) is 0 Å². The summed E-state index contributed by atoms with van der Waals surface area (Å²) in [5.41, 5.74) is -0.490. The Labute approximate surface area is 66.6 Å². The van der Waals surface area contributed by atoms with Crippen molar-refractivity contribution in [2.45, 2.75) is 0 Å². The molecule has 0 atom stereocenters. The third-order valence-electron chi connectivity index (χ3n) is 1.25. The maximum absolute atomic E-state index is 12.7. The molecule has 64 valence electrons. The lowest BCUT2D eigenvalue weighted by molar-refractivity contribution is 0.321. The second-order valence-corrected chi connectivity index (χ2v) is 2.07. The van der Waals surface area contributed by atoms with Crippen LogP contribution in [0.2, 0.25) is 0 Å². The number of phenols is 1. The van der Waals surface area contributed by atoms with Gasteiger partial charge >= 0.3 is 0 Å². The van der Waals surface area contributed by atoms with Gasteiger partial charge < -0.3 is 10.3 Å². The van der Waals surface area contributed by atoms with Crippen molar-refractivity contribution >= 4 is 6.21 Å². The third kappa shape index (κ3) is 1.50. The van der Waals surface area contributed by atoms with Crippen LogP contribution in [-0.2, 0) is 0 Å². The maximum atomic E-state index is 12.7. The van der Waals surface area contributed by atoms with Crippen molar-refractivity contribution in [3.05, 3.63) is 29.3 Å². The Hall–Kier alpha value is -1.65. The van der Waals surface area contributed by atoms with Crippen molar-refractivity contribution < 1.29 is 19.1 Å². The zero-order valence-electron chi connectivity index (χ0n) is 5.83. The molecule has 12 heavy (non-hydrogen) atoms. The van der Waals surface area contributed by atoms with E-state index in [2.05, 4.69) is 5.16 Å². The van der Waals surface area contributed by atoms with Gasteiger partial charge in [0, 0.05) is 12.1 Å². The van der Waals surface area contributed by atoms with E-state index < -0.39 is 22.9 Å². The number of nitrogens with zero attached hydrogens (tertiary/aromatic N) is 1. The van der Waals surface area contributed by atoms with E-state index in [0.29, 0.717) is 6.21 Å². The van der Waals surface area contributed by atoms with Crippen molar-refractivity contribution in [2.24, 2.45) is 5.16 Å². The summed E-state index contributed by atoms with van der Waals surface area (Å²) in [6.07, 6.45) is 0.615. The van der Waals surface area contributed by atoms with Crippen LogP contribution in [0, 0.1) is 11.6 Å². The van der Waals surface area contributed by atoms with Crippen LogP contribution in [-0.4, -0.2) is 16.5 Å². The molecular formula is C7H5F2NO2. The molecule has 0 unspecified atom stereocenters. The van der Waals surface area contributed by atoms with Crippen molar-refractivity contribution in [2.75, 3.05) is 0 Å². The lowest BCUT2D eigenvalue weighted by Gasteiger charge is -1.98. The van der Waals surface area contributed by atoms with Crippen LogP contribution in [0.1, 0.15) is 5.56 Å². The summed E-state index contributed by atoms with van der Waals surface area (Å²) in [5.74, 6) is -2.48. The van der Waals surface area contributed by atoms with Crippen molar-refractivity contribution in [1.82, 2.24) is 0 Å². The van der Waals surface area contributed by atoms with Crippen molar-refractivity contribution in [3.63, 3.8) is 0 Å². The molecule has 1 aromatic rings. The first-order chi connectivity index (χ1) is 5.65. The van der Waals surface area contributed by atoms with Crippen LogP contribution in [0.4, 0.5) is 8.78 Å². The number of oxime groups is 1. The molecule has 0 saturated carbocycles. The summed E-state index contributed by atoms with van der Waals surface area (Å²) in [5, 5.41) is 19.2. The molecule has 1 aromatic carbocycles. The predicted octanol–water partition coefficient (Wildman–Crippen LogP) is 1.48. The Morgan fingerprint density at radius 1 is 1.25 bits per heavy atom. The zero-order valence-corrected chi connectivity index (χ0v) is 5.83. The number of halogens is 2. The lowest BCUT2D eigenvalue weighted by atomic mass is 10.2. The van der Waals surface area contributed by atoms with Crippen LogP contribution in [0.25, 0.3) is 0 Å². The molecular weight excluding hydrogens is 168 g/mol. The molecule has 0 amide bonds. The number of hydrogen-bond acceptors (Lipinski definition) is 3. The van der Waals surface area contributed by atoms with Gasteiger partial charge in [-0.1, -0.05) is 5.16 Å². The zero-order chi connectivity index (χ0) is 9.14. The molecule has 0 aromatic heterocycles. The summed E-state index contributed by atoms with van der Waals surface area (Å²) in [4.78, 5) is 0. The number of hydrogen-bond donors (Lipinski definition) is 2. The first kappa shape index (κ1) is 8.45. The van der Waals surface area contributed by atoms with Gasteiger partial charge in [-0.15, -0.1) is 0 Å². The van der Waals surface area contributed by atoms with Gasteiger partial charge in [0.05, 0.1) is 11.8 Å². The van der Waals surface area contributed by atoms with Gasteiger partial charge in [-0.25, -0.2) is 8.78 Å². The number of rotatable bonds is 1. The minimum Gasteiger partial charge on any atom is -0.508 e. The third-order valence-corrected chi connectivity index (χ3v) is 1.25. The van der Waals surface area contributed by atoms with E-state index in [1.165, 1.54) is 0 Å². The molecule has 0 fully saturated rings. The highest BCUT2D eigenvalue weighted by molar-refractivity contribution is 5.80. The lowest BCUT2D eigenvalue weighted by Crippen LogP contribution is -1.93. The SMILES string of the molecule is O/N=C\c1c(F)cc(O)cc1F. The number of phenolic OH excluding ortho intramolecular Hbond substituents is 1. The quantitative estimate of drug-likeness (QED) is 0.384. The average molecular weight is 173 g/mol. The summed E-state index contributed by atoms with van der Waals surface area (Å²) in [6, 6.07) is 1.44. The van der Waals surface area contributed by atoms with E-state index in [1.54, 1.807) is 0 Å². The highest BCUT2D eigenvalue weighted by Crippen LogP contribution is 2.17. The predicted molar refractivity (Wildman–Crippen MR) is 37.4 cm³/mol. The molecule has 0 saturated heterocycles. The van der Waals surface area contributed by atoms with Crippen LogP contribution in [0.5, 0.6) is 5.75 Å². The van der Waals surface area contributed by atoms with Crippen molar-refractivity contribution in [1.29, 1.82) is 0 Å². The average Bonchev–Trinajstić information content (AvgIpc) is 1.96. The molecule has 0 bridgehead atoms. The standard InChI is InChI=1S/C7H5F2NO2/c8-6-1-4(11)2-7(9)5(6)3-10-12/h1-3,11-12H/b10-3-. The smallest absolute Gasteiger partial charge is 0.138 e. The Morgan fingerprint density at radius 2 is 1.75 bits per heavy atom. The fraction of sp³-hybridized carbons (Fsp3) is 0. The molecule has 0 aliphatic heterocycles. The second kappa shape index (κ2) is 3.17. The van der Waals surface area contributed by atoms with E-state index in [1.807, 2.05) is 0 Å². The fourth-order valence-electron chi connectivity index (χ4n) is 0.752. The molecule has 0 radical (unpaired) electrons. The van der Waals surface area contributed by atoms with Gasteiger partial charge in [-0.05, 0) is 0 Å². The first-order valence-electron chi connectivity index (χ1n) is 3.00. The van der Waals surface area contributed by atoms with Gasteiger partial charge in [0.1, 0.15) is 17.4 Å². The van der Waals surface area contributed by atoms with Crippen LogP contribution in [0.15, 0.2) is 17.3 Å². The van der Waals surface area contributed by atoms with Gasteiger partial charge in [0.15, 0.2) is 0 Å². The minimum absolute atomic E-state index is 0.490. The summed E-state index contributed by atoms with van der Waals surface area (Å²) < 4.78 is 25.4. The van der Waals surface area contributed by atoms with E-state index >= 15 is 0 Å². The normalized spacial score (nSPS) is 10.8. The summed E-state index contributed by atoms with van der Waals surface area (Å²) >= 11 is 0. The second-order valence-electron chi connectivity index (χ2n) is 2.07. The van der Waals surface area contributed by atoms with Gasteiger partial charge in [-0.3, -0.25) is 0 Å². The first-order valence-corrected chi connectivity index (χ1v) is 3.00. The van der Waals surface area contributed by atoms with Gasteiger partial charge in [-0.2, -0.15) is 0 Å². The highest BCUT2D eigenvalue weighted by Gasteiger charge is 2.08. The molecule has 5 heteroatoms. The minimum atomic E-state index is -0.981. The Kier molecular flexibility index (Phi) is 2.23. The number of benzene rings is 1. The molecule has 2 N–H and O–H groups in total.